The molecular weight excluding hydrogens is 725 g/mol. The van der Waals surface area contributed by atoms with E-state index in [2.05, 4.69) is 39.7 Å². The maximum Gasteiger partial charge on any atom is 0.310 e. The Labute approximate surface area is 333 Å². The molecule has 1 amide bonds. The zero-order valence-electron chi connectivity index (χ0n) is 33.2. The molecule has 10 nitrogen and oxygen atoms in total. The summed E-state index contributed by atoms with van der Waals surface area (Å²) in [7, 11) is -1.26. The van der Waals surface area contributed by atoms with Gasteiger partial charge in [-0.2, -0.15) is 0 Å². The molecule has 2 heterocycles. The third-order valence-corrected chi connectivity index (χ3v) is 11.7. The summed E-state index contributed by atoms with van der Waals surface area (Å²) in [6, 6.07) is 21.3. The lowest BCUT2D eigenvalue weighted by Gasteiger charge is -2.34. The summed E-state index contributed by atoms with van der Waals surface area (Å²) in [5.41, 5.74) is 4.98. The van der Waals surface area contributed by atoms with Crippen LogP contribution in [0.2, 0.25) is 0 Å². The highest BCUT2D eigenvalue weighted by Gasteiger charge is 2.32. The molecule has 2 aliphatic rings. The van der Waals surface area contributed by atoms with Gasteiger partial charge in [0, 0.05) is 60.2 Å². The van der Waals surface area contributed by atoms with Gasteiger partial charge in [0.25, 0.3) is 5.91 Å². The topological polar surface area (TPSA) is 123 Å². The Hall–Kier alpha value is -4.74. The fourth-order valence-electron chi connectivity index (χ4n) is 6.99. The molecule has 1 aliphatic carbocycles. The first-order valence-corrected chi connectivity index (χ1v) is 21.4. The second kappa shape index (κ2) is 18.9. The molecule has 0 spiro atoms. The normalized spacial score (nSPS) is 15.9. The van der Waals surface area contributed by atoms with Crippen molar-refractivity contribution in [2.24, 2.45) is 5.41 Å². The van der Waals surface area contributed by atoms with Gasteiger partial charge in [-0.05, 0) is 124 Å². The third kappa shape index (κ3) is 10.6. The van der Waals surface area contributed by atoms with Gasteiger partial charge in [0.15, 0.2) is 0 Å². The van der Waals surface area contributed by atoms with E-state index in [1.165, 1.54) is 12.8 Å². The minimum atomic E-state index is -1.26. The van der Waals surface area contributed by atoms with Gasteiger partial charge in [0.05, 0.1) is 34.3 Å². The smallest absolute Gasteiger partial charge is 0.310 e. The van der Waals surface area contributed by atoms with Crippen molar-refractivity contribution in [2.45, 2.75) is 95.8 Å². The zero-order chi connectivity index (χ0) is 39.7. The number of anilines is 2. The Morgan fingerprint density at radius 2 is 1.71 bits per heavy atom. The molecular formula is C45H56N4O6S. The minimum Gasteiger partial charge on any atom is -0.491 e. The number of carbonyl (C=O) groups excluding carboxylic acids is 1. The standard InChI is InChI=1S/C45H56N4O6S/c1-5-7-24-54-25-26-55-39-17-12-32(13-18-39)34-14-21-41-36(27-34)28-35(9-8-23-48(41)31-45(3,4)44(51)52)43(50)47-37-15-19-40(20-16-37)56(53)30-38-29-46-42(33-10-11-33)49(38)22-6-2/h12-21,27-29,33H,5-11,22-26,30-31H2,1-4H3,(H,47,50)(H,51,52)/b35-28+. The second-order valence-corrected chi connectivity index (χ2v) is 16.9. The Balaban J connectivity index is 1.18. The Kier molecular flexibility index (Phi) is 13.8. The number of aliphatic carboxylic acids is 1. The average Bonchev–Trinajstić information content (AvgIpc) is 3.96. The van der Waals surface area contributed by atoms with E-state index in [0.29, 0.717) is 67.0 Å². The number of hydrogen-bond acceptors (Lipinski definition) is 7. The molecule has 4 aromatic rings. The van der Waals surface area contributed by atoms with E-state index in [4.69, 9.17) is 9.47 Å². The lowest BCUT2D eigenvalue weighted by atomic mass is 9.91. The van der Waals surface area contributed by atoms with Crippen molar-refractivity contribution in [3.8, 4) is 16.9 Å². The van der Waals surface area contributed by atoms with Crippen LogP contribution < -0.4 is 15.0 Å². The zero-order valence-corrected chi connectivity index (χ0v) is 34.0. The van der Waals surface area contributed by atoms with Crippen molar-refractivity contribution in [1.29, 1.82) is 0 Å². The Bertz CT molecular complexity index is 2020. The van der Waals surface area contributed by atoms with Gasteiger partial charge in [0.2, 0.25) is 0 Å². The number of rotatable bonds is 19. The van der Waals surface area contributed by atoms with Gasteiger partial charge >= 0.3 is 5.97 Å². The number of carboxylic acids is 1. The van der Waals surface area contributed by atoms with Crippen molar-refractivity contribution in [2.75, 3.05) is 43.1 Å². The highest BCUT2D eigenvalue weighted by Crippen LogP contribution is 2.40. The van der Waals surface area contributed by atoms with Crippen LogP contribution in [0.3, 0.4) is 0 Å². The summed E-state index contributed by atoms with van der Waals surface area (Å²) in [4.78, 5) is 33.5. The van der Waals surface area contributed by atoms with Gasteiger partial charge in [-0.1, -0.05) is 38.5 Å². The summed E-state index contributed by atoms with van der Waals surface area (Å²) < 4.78 is 27.2. The van der Waals surface area contributed by atoms with E-state index in [0.717, 1.165) is 72.1 Å². The molecule has 0 saturated heterocycles. The fraction of sp³-hybridized carbons (Fsp3) is 0.444. The molecule has 2 N–H and O–H groups in total. The van der Waals surface area contributed by atoms with Crippen LogP contribution in [0.25, 0.3) is 17.2 Å². The molecule has 298 valence electrons. The van der Waals surface area contributed by atoms with Crippen LogP contribution in [0.5, 0.6) is 5.75 Å². The number of ether oxygens (including phenoxy) is 2. The highest BCUT2D eigenvalue weighted by molar-refractivity contribution is 7.84. The maximum atomic E-state index is 13.9. The van der Waals surface area contributed by atoms with Crippen molar-refractivity contribution in [3.63, 3.8) is 0 Å². The number of carbonyl (C=O) groups is 2. The van der Waals surface area contributed by atoms with Crippen LogP contribution in [0.1, 0.15) is 95.6 Å². The van der Waals surface area contributed by atoms with E-state index in [1.807, 2.05) is 72.9 Å². The van der Waals surface area contributed by atoms with E-state index >= 15 is 0 Å². The molecule has 1 aromatic heterocycles. The van der Waals surface area contributed by atoms with Crippen LogP contribution in [-0.2, 0) is 37.4 Å². The number of aromatic nitrogens is 2. The number of fused-ring (bicyclic) bond motifs is 1. The third-order valence-electron chi connectivity index (χ3n) is 10.4. The summed E-state index contributed by atoms with van der Waals surface area (Å²) in [5, 5.41) is 13.0. The fourth-order valence-corrected chi connectivity index (χ4v) is 8.09. The van der Waals surface area contributed by atoms with E-state index in [-0.39, 0.29) is 5.91 Å². The first kappa shape index (κ1) is 40.9. The largest absolute Gasteiger partial charge is 0.491 e. The number of amides is 1. The van der Waals surface area contributed by atoms with Crippen LogP contribution >= 0.6 is 0 Å². The van der Waals surface area contributed by atoms with Crippen LogP contribution in [0.4, 0.5) is 11.4 Å². The average molecular weight is 781 g/mol. The van der Waals surface area contributed by atoms with Crippen LogP contribution in [0, 0.1) is 5.41 Å². The van der Waals surface area contributed by atoms with Crippen molar-refractivity contribution >= 4 is 40.1 Å². The maximum absolute atomic E-state index is 13.9. The Morgan fingerprint density at radius 1 is 0.964 bits per heavy atom. The van der Waals surface area contributed by atoms with Crippen molar-refractivity contribution < 1.29 is 28.4 Å². The first-order chi connectivity index (χ1) is 27.1. The first-order valence-electron chi connectivity index (χ1n) is 20.0. The predicted octanol–water partition coefficient (Wildman–Crippen LogP) is 9.07. The summed E-state index contributed by atoms with van der Waals surface area (Å²) in [6.45, 7) is 11.3. The van der Waals surface area contributed by atoms with Gasteiger partial charge < -0.3 is 29.4 Å². The number of hydrogen-bond donors (Lipinski definition) is 2. The molecule has 6 rings (SSSR count). The van der Waals surface area contributed by atoms with Crippen LogP contribution in [-0.4, -0.2) is 63.7 Å². The number of imidazole rings is 1. The molecule has 0 radical (unpaired) electrons. The molecule has 1 fully saturated rings. The molecule has 56 heavy (non-hydrogen) atoms. The summed E-state index contributed by atoms with van der Waals surface area (Å²) in [5.74, 6) is 1.75. The summed E-state index contributed by atoms with van der Waals surface area (Å²) >= 11 is 0. The lowest BCUT2D eigenvalue weighted by molar-refractivity contribution is -0.146. The highest BCUT2D eigenvalue weighted by atomic mass is 32.2. The van der Waals surface area contributed by atoms with Crippen molar-refractivity contribution in [3.05, 3.63) is 95.6 Å². The van der Waals surface area contributed by atoms with Crippen molar-refractivity contribution in [1.82, 2.24) is 9.55 Å². The number of benzene rings is 3. The minimum absolute atomic E-state index is 0.203. The van der Waals surface area contributed by atoms with Gasteiger partial charge in [0.1, 0.15) is 18.2 Å². The summed E-state index contributed by atoms with van der Waals surface area (Å²) in [6.07, 6.45) is 10.5. The molecule has 1 saturated carbocycles. The SMILES string of the molecule is CCCCOCCOc1ccc(-c2ccc3c(c2)/C=C(/C(=O)Nc2ccc(S(=O)Cc4cnc(C5CC5)n4CCC)cc2)CCCN3CC(C)(C)C(=O)O)cc1. The Morgan fingerprint density at radius 3 is 2.41 bits per heavy atom. The molecule has 0 bridgehead atoms. The molecule has 1 atom stereocenters. The van der Waals surface area contributed by atoms with Gasteiger partial charge in [-0.25, -0.2) is 4.98 Å². The van der Waals surface area contributed by atoms with E-state index < -0.39 is 22.2 Å². The molecule has 1 aliphatic heterocycles. The number of nitrogens with one attached hydrogen (secondary N) is 1. The van der Waals surface area contributed by atoms with E-state index in [9.17, 15) is 18.9 Å². The number of carboxylic acid groups (broad SMARTS) is 1. The molecule has 3 aromatic carbocycles. The van der Waals surface area contributed by atoms with Gasteiger partial charge in [-0.3, -0.25) is 13.8 Å². The monoisotopic (exact) mass is 780 g/mol. The van der Waals surface area contributed by atoms with Crippen LogP contribution in [0.15, 0.2) is 83.4 Å². The number of nitrogens with zero attached hydrogens (tertiary/aromatic N) is 3. The second-order valence-electron chi connectivity index (χ2n) is 15.5. The predicted molar refractivity (Wildman–Crippen MR) is 224 cm³/mol. The van der Waals surface area contributed by atoms with Gasteiger partial charge in [-0.15, -0.1) is 0 Å². The number of unbranched alkanes of at least 4 members (excludes halogenated alkanes) is 1. The van der Waals surface area contributed by atoms with E-state index in [1.54, 1.807) is 13.8 Å². The molecule has 11 heteroatoms. The molecule has 1 unspecified atom stereocenters. The quantitative estimate of drug-likeness (QED) is 0.0905. The lowest BCUT2D eigenvalue weighted by Crippen LogP contribution is -2.40.